The summed E-state index contributed by atoms with van der Waals surface area (Å²) in [6.45, 7) is 0.946. The minimum Gasteiger partial charge on any atom is -0.382 e. The van der Waals surface area contributed by atoms with Crippen LogP contribution in [0.1, 0.15) is 31.8 Å². The van der Waals surface area contributed by atoms with Gasteiger partial charge in [-0.25, -0.2) is 18.3 Å². The summed E-state index contributed by atoms with van der Waals surface area (Å²) in [6.07, 6.45) is -5.43. The zero-order valence-corrected chi connectivity index (χ0v) is 21.4. The SMILES string of the molecule is Cc1cc(-c2cc(C(F)(F)F)c3c(N)ncnn23)cc(C(=O)N[C@@H]2CN(C(=O)c3ccccc3F)C[C@@H]2F)c1Cl. The highest BCUT2D eigenvalue weighted by Crippen LogP contribution is 2.39. The number of likely N-dealkylation sites (tertiary alicyclic amines) is 1. The molecule has 0 saturated carbocycles. The second kappa shape index (κ2) is 10.0. The monoisotopic (exact) mass is 578 g/mol. The molecule has 5 rings (SSSR count). The Morgan fingerprint density at radius 2 is 1.85 bits per heavy atom. The van der Waals surface area contributed by atoms with E-state index in [1.54, 1.807) is 6.92 Å². The van der Waals surface area contributed by atoms with Crippen molar-refractivity contribution in [2.24, 2.45) is 0 Å². The van der Waals surface area contributed by atoms with Gasteiger partial charge < -0.3 is 16.0 Å². The quantitative estimate of drug-likeness (QED) is 0.342. The van der Waals surface area contributed by atoms with Gasteiger partial charge in [-0.2, -0.15) is 18.3 Å². The molecule has 3 N–H and O–H groups in total. The smallest absolute Gasteiger partial charge is 0.382 e. The molecule has 2 aromatic carbocycles. The predicted octanol–water partition coefficient (Wildman–Crippen LogP) is 4.69. The zero-order valence-electron chi connectivity index (χ0n) is 20.6. The van der Waals surface area contributed by atoms with E-state index in [4.69, 9.17) is 17.3 Å². The van der Waals surface area contributed by atoms with Crippen molar-refractivity contribution in [1.29, 1.82) is 0 Å². The van der Waals surface area contributed by atoms with E-state index in [-0.39, 0.29) is 46.3 Å². The van der Waals surface area contributed by atoms with Crippen molar-refractivity contribution in [3.63, 3.8) is 0 Å². The summed E-state index contributed by atoms with van der Waals surface area (Å²) in [5.74, 6) is -2.68. The van der Waals surface area contributed by atoms with Crippen molar-refractivity contribution < 1.29 is 31.5 Å². The number of anilines is 1. The highest BCUT2D eigenvalue weighted by Gasteiger charge is 2.39. The summed E-state index contributed by atoms with van der Waals surface area (Å²) in [5.41, 5.74) is 4.33. The fourth-order valence-electron chi connectivity index (χ4n) is 4.69. The number of amides is 2. The lowest BCUT2D eigenvalue weighted by molar-refractivity contribution is -0.136. The molecule has 14 heteroatoms. The Labute approximate surface area is 228 Å². The Kier molecular flexibility index (Phi) is 6.86. The van der Waals surface area contributed by atoms with Gasteiger partial charge in [-0.3, -0.25) is 9.59 Å². The number of nitrogens with one attached hydrogen (secondary N) is 1. The normalized spacial score (nSPS) is 17.4. The van der Waals surface area contributed by atoms with Crippen LogP contribution in [0.4, 0.5) is 27.8 Å². The molecule has 4 aromatic rings. The molecule has 3 heterocycles. The van der Waals surface area contributed by atoms with Crippen LogP contribution in [-0.4, -0.2) is 56.6 Å². The number of aromatic nitrogens is 3. The predicted molar refractivity (Wildman–Crippen MR) is 136 cm³/mol. The molecule has 2 atom stereocenters. The molecule has 1 aliphatic heterocycles. The highest BCUT2D eigenvalue weighted by molar-refractivity contribution is 6.34. The maximum Gasteiger partial charge on any atom is 0.418 e. The van der Waals surface area contributed by atoms with Gasteiger partial charge in [0.05, 0.1) is 40.0 Å². The molecular formula is C26H20ClF5N6O2. The molecule has 0 unspecified atom stereocenters. The Balaban J connectivity index is 1.45. The molecule has 0 aliphatic carbocycles. The first kappa shape index (κ1) is 27.3. The van der Waals surface area contributed by atoms with Crippen molar-refractivity contribution >= 4 is 34.7 Å². The third-order valence-corrected chi connectivity index (χ3v) is 7.14. The van der Waals surface area contributed by atoms with Gasteiger partial charge in [-0.15, -0.1) is 0 Å². The van der Waals surface area contributed by atoms with Gasteiger partial charge in [0.15, 0.2) is 5.82 Å². The summed E-state index contributed by atoms with van der Waals surface area (Å²) in [6, 6.07) is 7.71. The van der Waals surface area contributed by atoms with E-state index in [0.717, 1.165) is 27.9 Å². The number of carbonyl (C=O) groups excluding carboxylic acids is 2. The van der Waals surface area contributed by atoms with E-state index in [0.29, 0.717) is 5.56 Å². The lowest BCUT2D eigenvalue weighted by Crippen LogP contribution is -2.42. The maximum absolute atomic E-state index is 14.9. The van der Waals surface area contributed by atoms with Crippen LogP contribution in [0.15, 0.2) is 48.8 Å². The van der Waals surface area contributed by atoms with Crippen LogP contribution in [-0.2, 0) is 6.18 Å². The fourth-order valence-corrected chi connectivity index (χ4v) is 4.88. The zero-order chi connectivity index (χ0) is 28.9. The van der Waals surface area contributed by atoms with Crippen LogP contribution in [0.3, 0.4) is 0 Å². The van der Waals surface area contributed by atoms with E-state index in [2.05, 4.69) is 15.4 Å². The van der Waals surface area contributed by atoms with E-state index in [9.17, 15) is 31.5 Å². The molecule has 1 aliphatic rings. The maximum atomic E-state index is 14.9. The second-order valence-corrected chi connectivity index (χ2v) is 9.67. The minimum absolute atomic E-state index is 0.00000878. The van der Waals surface area contributed by atoms with E-state index in [1.807, 2.05) is 0 Å². The number of hydrogen-bond acceptors (Lipinski definition) is 5. The number of aryl methyl sites for hydroxylation is 1. The number of nitrogen functional groups attached to an aromatic ring is 1. The summed E-state index contributed by atoms with van der Waals surface area (Å²) >= 11 is 6.37. The number of fused-ring (bicyclic) bond motifs is 1. The average Bonchev–Trinajstić information content (AvgIpc) is 3.47. The summed E-state index contributed by atoms with van der Waals surface area (Å²) < 4.78 is 71.2. The number of halogens is 6. The molecule has 2 amide bonds. The van der Waals surface area contributed by atoms with Crippen LogP contribution in [0.2, 0.25) is 5.02 Å². The van der Waals surface area contributed by atoms with Crippen molar-refractivity contribution in [2.75, 3.05) is 18.8 Å². The largest absolute Gasteiger partial charge is 0.418 e. The van der Waals surface area contributed by atoms with Gasteiger partial charge in [0.25, 0.3) is 11.8 Å². The lowest BCUT2D eigenvalue weighted by Gasteiger charge is -2.18. The fraction of sp³-hybridized carbons (Fsp3) is 0.231. The molecule has 0 radical (unpaired) electrons. The third kappa shape index (κ3) is 4.81. The Hall–Kier alpha value is -4.26. The number of benzene rings is 2. The van der Waals surface area contributed by atoms with Gasteiger partial charge in [-0.1, -0.05) is 23.7 Å². The van der Waals surface area contributed by atoms with Gasteiger partial charge in [0.1, 0.15) is 23.8 Å². The Morgan fingerprint density at radius 3 is 2.55 bits per heavy atom. The number of nitrogens with zero attached hydrogens (tertiary/aromatic N) is 4. The first-order valence-electron chi connectivity index (χ1n) is 11.9. The van der Waals surface area contributed by atoms with Crippen LogP contribution in [0, 0.1) is 12.7 Å². The molecule has 0 bridgehead atoms. The van der Waals surface area contributed by atoms with Crippen LogP contribution >= 0.6 is 11.6 Å². The molecule has 40 heavy (non-hydrogen) atoms. The number of alkyl halides is 4. The van der Waals surface area contributed by atoms with Crippen LogP contribution < -0.4 is 11.1 Å². The van der Waals surface area contributed by atoms with E-state index in [1.165, 1.54) is 30.3 Å². The summed E-state index contributed by atoms with van der Waals surface area (Å²) in [5, 5.41) is 6.41. The average molecular weight is 579 g/mol. The lowest BCUT2D eigenvalue weighted by atomic mass is 10.0. The molecule has 1 fully saturated rings. The topological polar surface area (TPSA) is 106 Å². The number of carbonyl (C=O) groups is 2. The van der Waals surface area contributed by atoms with Crippen molar-refractivity contribution in [3.05, 3.63) is 81.9 Å². The Morgan fingerprint density at radius 1 is 1.12 bits per heavy atom. The van der Waals surface area contributed by atoms with E-state index < -0.39 is 47.1 Å². The number of hydrogen-bond donors (Lipinski definition) is 2. The van der Waals surface area contributed by atoms with Gasteiger partial charge in [0.2, 0.25) is 0 Å². The summed E-state index contributed by atoms with van der Waals surface area (Å²) in [4.78, 5) is 30.7. The third-order valence-electron chi connectivity index (χ3n) is 6.64. The molecular weight excluding hydrogens is 559 g/mol. The number of rotatable bonds is 4. The van der Waals surface area contributed by atoms with Crippen LogP contribution in [0.25, 0.3) is 16.8 Å². The van der Waals surface area contributed by atoms with Crippen molar-refractivity contribution in [3.8, 4) is 11.3 Å². The molecule has 1 saturated heterocycles. The first-order chi connectivity index (χ1) is 18.9. The molecule has 8 nitrogen and oxygen atoms in total. The van der Waals surface area contributed by atoms with Crippen molar-refractivity contribution in [1.82, 2.24) is 24.8 Å². The minimum atomic E-state index is -4.77. The van der Waals surface area contributed by atoms with Gasteiger partial charge in [0, 0.05) is 12.1 Å². The summed E-state index contributed by atoms with van der Waals surface area (Å²) in [7, 11) is 0. The van der Waals surface area contributed by atoms with Crippen molar-refractivity contribution in [2.45, 2.75) is 25.3 Å². The van der Waals surface area contributed by atoms with E-state index >= 15 is 0 Å². The molecule has 208 valence electrons. The molecule has 2 aromatic heterocycles. The molecule has 0 spiro atoms. The van der Waals surface area contributed by atoms with Crippen LogP contribution in [0.5, 0.6) is 0 Å². The van der Waals surface area contributed by atoms with Gasteiger partial charge in [-0.05, 0) is 42.8 Å². The Bertz CT molecular complexity index is 1660. The standard InChI is InChI=1S/C26H20ClF5N6O2/c1-12-6-13(20-8-16(26(30,31)32)22-23(33)34-11-35-38(20)22)7-15(21(12)27)24(39)36-19-10-37(9-18(19)29)25(40)14-4-2-3-5-17(14)28/h2-8,11,18-19H,9-10H2,1H3,(H,36,39)(H2,33,34,35)/t18-,19+/m0/s1. The highest BCUT2D eigenvalue weighted by atomic mass is 35.5. The first-order valence-corrected chi connectivity index (χ1v) is 12.2. The van der Waals surface area contributed by atoms with Gasteiger partial charge >= 0.3 is 6.18 Å². The number of nitrogens with two attached hydrogens (primary N) is 1. The second-order valence-electron chi connectivity index (χ2n) is 9.29.